The number of nitrogens with two attached hydrogens (primary N) is 1. The average Bonchev–Trinajstić information content (AvgIpc) is 3.31. The van der Waals surface area contributed by atoms with Gasteiger partial charge in [0, 0.05) is 36.8 Å². The van der Waals surface area contributed by atoms with Gasteiger partial charge in [-0.25, -0.2) is 13.6 Å². The summed E-state index contributed by atoms with van der Waals surface area (Å²) in [6.07, 6.45) is 4.39. The van der Waals surface area contributed by atoms with Crippen LogP contribution >= 0.6 is 0 Å². The summed E-state index contributed by atoms with van der Waals surface area (Å²) in [6.45, 7) is 1.73. The molecule has 0 saturated heterocycles. The molecule has 177 valence electrons. The molecule has 0 aliphatic carbocycles. The van der Waals surface area contributed by atoms with E-state index in [9.17, 15) is 18.4 Å². The van der Waals surface area contributed by atoms with E-state index in [1.54, 1.807) is 12.7 Å². The maximum absolute atomic E-state index is 14.4. The summed E-state index contributed by atoms with van der Waals surface area (Å²) >= 11 is 0. The van der Waals surface area contributed by atoms with Crippen molar-refractivity contribution in [2.24, 2.45) is 5.73 Å². The Morgan fingerprint density at radius 1 is 1.06 bits per heavy atom. The molecule has 4 rings (SSSR count). The Morgan fingerprint density at radius 2 is 1.86 bits per heavy atom. The molecule has 2 heterocycles. The van der Waals surface area contributed by atoms with Gasteiger partial charge in [-0.15, -0.1) is 0 Å². The van der Waals surface area contributed by atoms with Gasteiger partial charge in [-0.2, -0.15) is 0 Å². The standard InChI is InChI=1S/C25H19F2N4O4/c26-20-3-1-15(12-28)9-22(20)30-24(32)16-2-4-21(27)23(10-16)35-19-5-7-29-18(11-19)14-31-8-6-17(13-31)25(33)34/h1-11,13-14H,12,28H2,(H,30,32)(H,33,34). The van der Waals surface area contributed by atoms with Crippen molar-refractivity contribution in [3.8, 4) is 11.5 Å². The molecule has 0 atom stereocenters. The van der Waals surface area contributed by atoms with Crippen LogP contribution in [0.4, 0.5) is 14.5 Å². The van der Waals surface area contributed by atoms with Crippen molar-refractivity contribution < 1.29 is 28.2 Å². The van der Waals surface area contributed by atoms with E-state index in [0.717, 1.165) is 6.07 Å². The van der Waals surface area contributed by atoms with E-state index in [1.807, 2.05) is 0 Å². The number of nitrogens with zero attached hydrogens (tertiary/aromatic N) is 2. The van der Waals surface area contributed by atoms with Gasteiger partial charge in [0.15, 0.2) is 11.6 Å². The lowest BCUT2D eigenvalue weighted by Crippen LogP contribution is -2.14. The number of pyridine rings is 1. The molecule has 35 heavy (non-hydrogen) atoms. The smallest absolute Gasteiger partial charge is 0.337 e. The van der Waals surface area contributed by atoms with Crippen LogP contribution in [0.5, 0.6) is 11.5 Å². The van der Waals surface area contributed by atoms with Crippen molar-refractivity contribution in [1.29, 1.82) is 0 Å². The summed E-state index contributed by atoms with van der Waals surface area (Å²) in [5.41, 5.74) is 6.73. The Bertz CT molecular complexity index is 1400. The lowest BCUT2D eigenvalue weighted by Gasteiger charge is -2.11. The zero-order valence-corrected chi connectivity index (χ0v) is 18.1. The van der Waals surface area contributed by atoms with Crippen molar-refractivity contribution in [2.75, 3.05) is 5.32 Å². The van der Waals surface area contributed by atoms with Crippen LogP contribution < -0.4 is 15.8 Å². The van der Waals surface area contributed by atoms with Gasteiger partial charge < -0.3 is 25.5 Å². The van der Waals surface area contributed by atoms with Crippen molar-refractivity contribution in [3.05, 3.63) is 114 Å². The van der Waals surface area contributed by atoms with E-state index in [-0.39, 0.29) is 34.9 Å². The molecule has 0 fully saturated rings. The maximum Gasteiger partial charge on any atom is 0.337 e. The van der Waals surface area contributed by atoms with Gasteiger partial charge in [0.1, 0.15) is 18.1 Å². The highest BCUT2D eigenvalue weighted by molar-refractivity contribution is 6.04. The van der Waals surface area contributed by atoms with Crippen LogP contribution in [-0.4, -0.2) is 26.5 Å². The van der Waals surface area contributed by atoms with Gasteiger partial charge in [0.25, 0.3) is 5.91 Å². The molecule has 0 unspecified atom stereocenters. The van der Waals surface area contributed by atoms with Gasteiger partial charge in [0.2, 0.25) is 0 Å². The maximum atomic E-state index is 14.4. The number of nitrogens with one attached hydrogen (secondary N) is 1. The number of rotatable bonds is 8. The molecule has 1 radical (unpaired) electrons. The number of carboxylic acids is 1. The number of aromatic nitrogens is 2. The SMILES string of the molecule is NCc1ccc(F)c(NC(=O)c2ccc(F)c(Oc3ccnc([CH]n4ccc(C(=O)O)c4)c3)c2)c1. The number of carboxylic acid groups (broad SMARTS) is 1. The Hall–Kier alpha value is -4.57. The van der Waals surface area contributed by atoms with Crippen molar-refractivity contribution in [2.45, 2.75) is 6.54 Å². The molecule has 0 saturated carbocycles. The predicted octanol–water partition coefficient (Wildman–Crippen LogP) is 4.42. The minimum absolute atomic E-state index is 0.0462. The average molecular weight is 477 g/mol. The third kappa shape index (κ3) is 5.68. The Labute approximate surface area is 198 Å². The van der Waals surface area contributed by atoms with E-state index >= 15 is 0 Å². The van der Waals surface area contributed by atoms with Gasteiger partial charge >= 0.3 is 5.97 Å². The van der Waals surface area contributed by atoms with Gasteiger partial charge in [-0.1, -0.05) is 6.07 Å². The van der Waals surface area contributed by atoms with Crippen LogP contribution in [0, 0.1) is 18.2 Å². The van der Waals surface area contributed by atoms with Crippen LogP contribution in [0.15, 0.2) is 73.2 Å². The summed E-state index contributed by atoms with van der Waals surface area (Å²) in [5, 5.41) is 11.5. The largest absolute Gasteiger partial charge is 0.478 e. The Kier molecular flexibility index (Phi) is 6.83. The van der Waals surface area contributed by atoms with E-state index in [2.05, 4.69) is 10.3 Å². The first-order valence-corrected chi connectivity index (χ1v) is 10.3. The molecule has 10 heteroatoms. The Balaban J connectivity index is 1.51. The molecule has 1 amide bonds. The minimum atomic E-state index is -1.06. The van der Waals surface area contributed by atoms with Crippen LogP contribution in [0.3, 0.4) is 0 Å². The number of carbonyl (C=O) groups is 2. The molecule has 2 aromatic carbocycles. The Morgan fingerprint density at radius 3 is 2.60 bits per heavy atom. The second-order valence-electron chi connectivity index (χ2n) is 7.42. The molecule has 0 spiro atoms. The van der Waals surface area contributed by atoms with E-state index in [0.29, 0.717) is 11.3 Å². The van der Waals surface area contributed by atoms with Gasteiger partial charge in [0.05, 0.1) is 16.9 Å². The topological polar surface area (TPSA) is 119 Å². The van der Waals surface area contributed by atoms with Crippen molar-refractivity contribution in [1.82, 2.24) is 9.55 Å². The first kappa shape index (κ1) is 23.6. The van der Waals surface area contributed by atoms with Crippen LogP contribution in [0.25, 0.3) is 0 Å². The fourth-order valence-corrected chi connectivity index (χ4v) is 3.17. The molecule has 2 aromatic heterocycles. The number of aromatic carboxylic acids is 1. The molecule has 8 nitrogen and oxygen atoms in total. The third-order valence-electron chi connectivity index (χ3n) is 4.93. The molecule has 0 bridgehead atoms. The van der Waals surface area contributed by atoms with Crippen molar-refractivity contribution in [3.63, 3.8) is 0 Å². The number of halogens is 2. The number of hydrogen-bond donors (Lipinski definition) is 3. The number of ether oxygens (including phenoxy) is 1. The quantitative estimate of drug-likeness (QED) is 0.346. The molecular weight excluding hydrogens is 458 g/mol. The zero-order chi connectivity index (χ0) is 24.9. The fourth-order valence-electron chi connectivity index (χ4n) is 3.17. The third-order valence-corrected chi connectivity index (χ3v) is 4.93. The summed E-state index contributed by atoms with van der Waals surface area (Å²) in [5.74, 6) is -3.05. The van der Waals surface area contributed by atoms with E-state index < -0.39 is 23.5 Å². The minimum Gasteiger partial charge on any atom is -0.478 e. The van der Waals surface area contributed by atoms with E-state index in [4.69, 9.17) is 15.6 Å². The number of anilines is 1. The highest BCUT2D eigenvalue weighted by Gasteiger charge is 2.14. The molecular formula is C25H19F2N4O4. The summed E-state index contributed by atoms with van der Waals surface area (Å²) in [7, 11) is 0. The van der Waals surface area contributed by atoms with Gasteiger partial charge in [-0.05, 0) is 48.0 Å². The lowest BCUT2D eigenvalue weighted by atomic mass is 10.1. The highest BCUT2D eigenvalue weighted by atomic mass is 19.1. The monoisotopic (exact) mass is 477 g/mol. The summed E-state index contributed by atoms with van der Waals surface area (Å²) in [6, 6.07) is 12.1. The second kappa shape index (κ2) is 10.1. The normalized spacial score (nSPS) is 10.7. The number of hydrogen-bond acceptors (Lipinski definition) is 5. The fraction of sp³-hybridized carbons (Fsp3) is 0.0400. The highest BCUT2D eigenvalue weighted by Crippen LogP contribution is 2.27. The van der Waals surface area contributed by atoms with E-state index in [1.165, 1.54) is 65.5 Å². The zero-order valence-electron chi connectivity index (χ0n) is 18.1. The molecule has 0 aliphatic heterocycles. The first-order valence-electron chi connectivity index (χ1n) is 10.3. The number of carbonyl (C=O) groups excluding carboxylic acids is 1. The number of benzene rings is 2. The number of amides is 1. The molecule has 0 aliphatic rings. The molecule has 4 N–H and O–H groups in total. The van der Waals surface area contributed by atoms with Crippen LogP contribution in [-0.2, 0) is 6.54 Å². The second-order valence-corrected chi connectivity index (χ2v) is 7.42. The predicted molar refractivity (Wildman–Crippen MR) is 123 cm³/mol. The van der Waals surface area contributed by atoms with Crippen LogP contribution in [0.1, 0.15) is 32.0 Å². The summed E-state index contributed by atoms with van der Waals surface area (Å²) in [4.78, 5) is 27.8. The van der Waals surface area contributed by atoms with Gasteiger partial charge in [-0.3, -0.25) is 9.78 Å². The lowest BCUT2D eigenvalue weighted by molar-refractivity contribution is 0.0696. The summed E-state index contributed by atoms with van der Waals surface area (Å²) < 4.78 is 35.6. The molecule has 4 aromatic rings. The van der Waals surface area contributed by atoms with Crippen molar-refractivity contribution >= 4 is 17.6 Å². The first-order chi connectivity index (χ1) is 16.8. The van der Waals surface area contributed by atoms with Crippen LogP contribution in [0.2, 0.25) is 0 Å².